The Bertz CT molecular complexity index is 443. The lowest BCUT2D eigenvalue weighted by Crippen LogP contribution is -2.42. The van der Waals surface area contributed by atoms with Gasteiger partial charge in [-0.05, 0) is 51.4 Å². The van der Waals surface area contributed by atoms with Gasteiger partial charge in [0.05, 0.1) is 6.10 Å². The van der Waals surface area contributed by atoms with Crippen LogP contribution in [0.4, 0.5) is 5.95 Å². The van der Waals surface area contributed by atoms with Crippen LogP contribution in [0.3, 0.4) is 0 Å². The number of nitrogens with one attached hydrogen (secondary N) is 1. The summed E-state index contributed by atoms with van der Waals surface area (Å²) < 4.78 is 5.47. The molecule has 0 bridgehead atoms. The van der Waals surface area contributed by atoms with E-state index in [1.54, 1.807) is 0 Å². The second-order valence-electron chi connectivity index (χ2n) is 5.25. The molecule has 0 spiro atoms. The van der Waals surface area contributed by atoms with E-state index in [0.29, 0.717) is 12.0 Å². The normalized spacial score (nSPS) is 20.1. The van der Waals surface area contributed by atoms with Crippen molar-refractivity contribution in [2.75, 3.05) is 25.0 Å². The molecule has 1 atom stereocenters. The van der Waals surface area contributed by atoms with Crippen LogP contribution in [-0.2, 0) is 0 Å². The molecule has 0 amide bonds. The number of aromatic nitrogens is 3. The molecular weight excluding hydrogens is 278 g/mol. The number of anilines is 1. The number of hydrogen-bond acceptors (Lipinski definition) is 6. The van der Waals surface area contributed by atoms with E-state index in [1.165, 1.54) is 6.42 Å². The summed E-state index contributed by atoms with van der Waals surface area (Å²) in [5, 5.41) is 3.49. The van der Waals surface area contributed by atoms with Crippen LogP contribution < -0.4 is 10.1 Å². The Kier molecular flexibility index (Phi) is 5.37. The Hall–Kier alpha value is -1.14. The third-order valence-electron chi connectivity index (χ3n) is 3.21. The molecule has 1 aliphatic rings. The van der Waals surface area contributed by atoms with E-state index in [-0.39, 0.29) is 17.4 Å². The summed E-state index contributed by atoms with van der Waals surface area (Å²) >= 11 is 5.91. The van der Waals surface area contributed by atoms with Gasteiger partial charge in [-0.1, -0.05) is 6.92 Å². The summed E-state index contributed by atoms with van der Waals surface area (Å²) in [6.45, 7) is 9.25. The van der Waals surface area contributed by atoms with Crippen LogP contribution in [0.25, 0.3) is 0 Å². The molecule has 20 heavy (non-hydrogen) atoms. The molecule has 7 heteroatoms. The predicted molar refractivity (Wildman–Crippen MR) is 79.4 cm³/mol. The van der Waals surface area contributed by atoms with E-state index in [2.05, 4.69) is 32.1 Å². The van der Waals surface area contributed by atoms with Gasteiger partial charge >= 0.3 is 6.01 Å². The third kappa shape index (κ3) is 4.45. The highest BCUT2D eigenvalue weighted by Crippen LogP contribution is 2.17. The van der Waals surface area contributed by atoms with Crippen LogP contribution in [0.2, 0.25) is 5.28 Å². The SMILES string of the molecule is CCN1CCCC(Nc2nc(Cl)nc(OC(C)C)n2)C1. The van der Waals surface area contributed by atoms with E-state index in [9.17, 15) is 0 Å². The zero-order valence-corrected chi connectivity index (χ0v) is 13.0. The van der Waals surface area contributed by atoms with Gasteiger partial charge in [0.1, 0.15) is 0 Å². The van der Waals surface area contributed by atoms with Gasteiger partial charge in [0.2, 0.25) is 11.2 Å². The number of likely N-dealkylation sites (tertiary alicyclic amines) is 1. The van der Waals surface area contributed by atoms with Crippen molar-refractivity contribution in [2.45, 2.75) is 45.8 Å². The lowest BCUT2D eigenvalue weighted by Gasteiger charge is -2.32. The van der Waals surface area contributed by atoms with E-state index in [0.717, 1.165) is 26.1 Å². The highest BCUT2D eigenvalue weighted by atomic mass is 35.5. The van der Waals surface area contributed by atoms with Crippen molar-refractivity contribution in [1.82, 2.24) is 19.9 Å². The van der Waals surface area contributed by atoms with Crippen molar-refractivity contribution < 1.29 is 4.74 Å². The number of rotatable bonds is 5. The van der Waals surface area contributed by atoms with E-state index < -0.39 is 0 Å². The average molecular weight is 300 g/mol. The lowest BCUT2D eigenvalue weighted by molar-refractivity contribution is 0.219. The van der Waals surface area contributed by atoms with Crippen molar-refractivity contribution in [3.8, 4) is 6.01 Å². The molecule has 2 rings (SSSR count). The molecule has 0 radical (unpaired) electrons. The first-order valence-electron chi connectivity index (χ1n) is 7.14. The van der Waals surface area contributed by atoms with Gasteiger partial charge in [-0.2, -0.15) is 15.0 Å². The lowest BCUT2D eigenvalue weighted by atomic mass is 10.1. The predicted octanol–water partition coefficient (Wildman–Crippen LogP) is 2.21. The molecule has 1 aromatic heterocycles. The van der Waals surface area contributed by atoms with Gasteiger partial charge in [0, 0.05) is 12.6 Å². The zero-order valence-electron chi connectivity index (χ0n) is 12.3. The van der Waals surface area contributed by atoms with Crippen LogP contribution >= 0.6 is 11.6 Å². The number of piperidine rings is 1. The topological polar surface area (TPSA) is 63.2 Å². The zero-order chi connectivity index (χ0) is 14.5. The van der Waals surface area contributed by atoms with Crippen LogP contribution in [0, 0.1) is 0 Å². The molecule has 0 saturated carbocycles. The van der Waals surface area contributed by atoms with Crippen LogP contribution in [0.5, 0.6) is 6.01 Å². The highest BCUT2D eigenvalue weighted by Gasteiger charge is 2.20. The number of nitrogens with zero attached hydrogens (tertiary/aromatic N) is 4. The second kappa shape index (κ2) is 7.04. The minimum atomic E-state index is 0.00609. The van der Waals surface area contributed by atoms with E-state index in [1.807, 2.05) is 13.8 Å². The van der Waals surface area contributed by atoms with Crippen molar-refractivity contribution >= 4 is 17.5 Å². The summed E-state index contributed by atoms with van der Waals surface area (Å²) in [6.07, 6.45) is 2.30. The Balaban J connectivity index is 2.02. The Morgan fingerprint density at radius 1 is 1.40 bits per heavy atom. The molecular formula is C13H22ClN5O. The Morgan fingerprint density at radius 3 is 2.90 bits per heavy atom. The summed E-state index contributed by atoms with van der Waals surface area (Å²) in [7, 11) is 0. The molecule has 0 aromatic carbocycles. The summed E-state index contributed by atoms with van der Waals surface area (Å²) in [5.41, 5.74) is 0. The standard InChI is InChI=1S/C13H22ClN5O/c1-4-19-7-5-6-10(8-19)15-12-16-11(14)17-13(18-12)20-9(2)3/h9-10H,4-8H2,1-3H3,(H,15,16,17,18). The Morgan fingerprint density at radius 2 is 2.20 bits per heavy atom. The molecule has 112 valence electrons. The van der Waals surface area contributed by atoms with E-state index >= 15 is 0 Å². The van der Waals surface area contributed by atoms with Gasteiger partial charge in [0.25, 0.3) is 0 Å². The quantitative estimate of drug-likeness (QED) is 0.899. The average Bonchev–Trinajstić information content (AvgIpc) is 2.37. The maximum absolute atomic E-state index is 5.91. The minimum absolute atomic E-state index is 0.00609. The van der Waals surface area contributed by atoms with Crippen LogP contribution in [0.1, 0.15) is 33.6 Å². The smallest absolute Gasteiger partial charge is 0.322 e. The van der Waals surface area contributed by atoms with Crippen molar-refractivity contribution in [1.29, 1.82) is 0 Å². The van der Waals surface area contributed by atoms with Gasteiger partial charge in [-0.15, -0.1) is 0 Å². The number of likely N-dealkylation sites (N-methyl/N-ethyl adjacent to an activating group) is 1. The fourth-order valence-electron chi connectivity index (χ4n) is 2.30. The molecule has 2 heterocycles. The second-order valence-corrected chi connectivity index (χ2v) is 5.59. The number of ether oxygens (including phenoxy) is 1. The molecule has 1 unspecified atom stereocenters. The fourth-order valence-corrected chi connectivity index (χ4v) is 2.46. The number of halogens is 1. The summed E-state index contributed by atoms with van der Waals surface area (Å²) in [4.78, 5) is 14.8. The van der Waals surface area contributed by atoms with Crippen molar-refractivity contribution in [3.63, 3.8) is 0 Å². The minimum Gasteiger partial charge on any atom is -0.461 e. The van der Waals surface area contributed by atoms with Crippen LogP contribution in [0.15, 0.2) is 0 Å². The molecule has 1 fully saturated rings. The summed E-state index contributed by atoms with van der Waals surface area (Å²) in [5.74, 6) is 0.489. The molecule has 0 aliphatic carbocycles. The Labute approximate surface area is 124 Å². The first-order valence-corrected chi connectivity index (χ1v) is 7.51. The van der Waals surface area contributed by atoms with Gasteiger partial charge < -0.3 is 15.0 Å². The van der Waals surface area contributed by atoms with Crippen LogP contribution in [-0.4, -0.2) is 51.6 Å². The van der Waals surface area contributed by atoms with Gasteiger partial charge in [-0.25, -0.2) is 0 Å². The van der Waals surface area contributed by atoms with Crippen molar-refractivity contribution in [2.24, 2.45) is 0 Å². The first-order chi connectivity index (χ1) is 9.56. The van der Waals surface area contributed by atoms with Gasteiger partial charge in [0.15, 0.2) is 0 Å². The van der Waals surface area contributed by atoms with Crippen molar-refractivity contribution in [3.05, 3.63) is 5.28 Å². The first kappa shape index (κ1) is 15.3. The number of hydrogen-bond donors (Lipinski definition) is 1. The maximum atomic E-state index is 5.91. The summed E-state index contributed by atoms with van der Waals surface area (Å²) in [6, 6.07) is 0.611. The molecule has 1 aliphatic heterocycles. The van der Waals surface area contributed by atoms with E-state index in [4.69, 9.17) is 16.3 Å². The highest BCUT2D eigenvalue weighted by molar-refractivity contribution is 6.28. The van der Waals surface area contributed by atoms with Gasteiger partial charge in [-0.3, -0.25) is 0 Å². The fraction of sp³-hybridized carbons (Fsp3) is 0.769. The largest absolute Gasteiger partial charge is 0.461 e. The maximum Gasteiger partial charge on any atom is 0.322 e. The third-order valence-corrected chi connectivity index (χ3v) is 3.38. The molecule has 6 nitrogen and oxygen atoms in total. The molecule has 1 N–H and O–H groups in total. The molecule has 1 aromatic rings. The molecule has 1 saturated heterocycles. The monoisotopic (exact) mass is 299 g/mol.